The van der Waals surface area contributed by atoms with Gasteiger partial charge in [-0.3, -0.25) is 0 Å². The normalized spacial score (nSPS) is 11.6. The standard InChI is InChI=1S/C58H38N2S/c1-3-18-40(19-4-1)51-38-44(35-36-45(51)42-34-33-39-17-7-8-20-41(39)37-42)60(52-28-12-9-23-46(52)48-26-15-27-49-47-24-11-14-32-56(47)61-58(48)49)55-31-16-30-54-57(55)50-25-10-13-29-53(50)59(54)43-21-5-2-6-22-43/h1-38H. The molecule has 0 aliphatic rings. The summed E-state index contributed by atoms with van der Waals surface area (Å²) in [6.07, 6.45) is 0. The molecule has 2 nitrogen and oxygen atoms in total. The second-order valence-corrected chi connectivity index (χ2v) is 16.7. The van der Waals surface area contributed by atoms with Crippen LogP contribution in [0.3, 0.4) is 0 Å². The lowest BCUT2D eigenvalue weighted by Crippen LogP contribution is -2.12. The Hall–Kier alpha value is -7.72. The van der Waals surface area contributed by atoms with Crippen LogP contribution >= 0.6 is 11.3 Å². The van der Waals surface area contributed by atoms with Crippen molar-refractivity contribution in [1.29, 1.82) is 0 Å². The van der Waals surface area contributed by atoms with Crippen molar-refractivity contribution in [2.75, 3.05) is 4.90 Å². The van der Waals surface area contributed by atoms with E-state index < -0.39 is 0 Å². The predicted octanol–water partition coefficient (Wildman–Crippen LogP) is 16.8. The van der Waals surface area contributed by atoms with Gasteiger partial charge in [0.1, 0.15) is 0 Å². The SMILES string of the molecule is c1ccc(-c2cc(N(c3ccccc3-c3cccc4c3sc3ccccc34)c3cccc4c3c3ccccc3n4-c3ccccc3)ccc2-c2ccc3ccccc3c2)cc1. The minimum atomic E-state index is 1.09. The molecule has 2 heterocycles. The van der Waals surface area contributed by atoms with E-state index in [0.29, 0.717) is 0 Å². The maximum absolute atomic E-state index is 2.52. The highest BCUT2D eigenvalue weighted by Gasteiger charge is 2.25. The molecule has 0 radical (unpaired) electrons. The van der Waals surface area contributed by atoms with Gasteiger partial charge in [0.2, 0.25) is 0 Å². The zero-order valence-electron chi connectivity index (χ0n) is 33.2. The monoisotopic (exact) mass is 794 g/mol. The van der Waals surface area contributed by atoms with Gasteiger partial charge in [-0.1, -0.05) is 170 Å². The fourth-order valence-corrected chi connectivity index (χ4v) is 10.7. The van der Waals surface area contributed by atoms with Crippen LogP contribution in [0.5, 0.6) is 0 Å². The largest absolute Gasteiger partial charge is 0.309 e. The first-order chi connectivity index (χ1) is 30.3. The van der Waals surface area contributed by atoms with Crippen molar-refractivity contribution >= 4 is 81.1 Å². The zero-order chi connectivity index (χ0) is 40.3. The minimum Gasteiger partial charge on any atom is -0.309 e. The molecular weight excluding hydrogens is 757 g/mol. The lowest BCUT2D eigenvalue weighted by atomic mass is 9.92. The molecule has 0 unspecified atom stereocenters. The Kier molecular flexibility index (Phi) is 8.39. The van der Waals surface area contributed by atoms with Crippen LogP contribution in [0.15, 0.2) is 231 Å². The lowest BCUT2D eigenvalue weighted by molar-refractivity contribution is 1.18. The van der Waals surface area contributed by atoms with Gasteiger partial charge in [-0.05, 0) is 93.7 Å². The third-order valence-electron chi connectivity index (χ3n) is 12.2. The molecule has 61 heavy (non-hydrogen) atoms. The Morgan fingerprint density at radius 1 is 0.361 bits per heavy atom. The van der Waals surface area contributed by atoms with E-state index in [9.17, 15) is 0 Å². The molecule has 0 saturated heterocycles. The van der Waals surface area contributed by atoms with Crippen molar-refractivity contribution in [3.63, 3.8) is 0 Å². The summed E-state index contributed by atoms with van der Waals surface area (Å²) in [7, 11) is 0. The number of fused-ring (bicyclic) bond motifs is 7. The molecule has 12 rings (SSSR count). The van der Waals surface area contributed by atoms with Crippen molar-refractivity contribution < 1.29 is 0 Å². The fraction of sp³-hybridized carbons (Fsp3) is 0. The maximum atomic E-state index is 2.52. The second kappa shape index (κ2) is 14.5. The smallest absolute Gasteiger partial charge is 0.0562 e. The Bertz CT molecular complexity index is 3600. The molecule has 0 fully saturated rings. The molecule has 0 saturated carbocycles. The summed E-state index contributed by atoms with van der Waals surface area (Å²) in [4.78, 5) is 2.52. The number of benzene rings is 10. The quantitative estimate of drug-likeness (QED) is 0.156. The van der Waals surface area contributed by atoms with Crippen LogP contribution in [0.25, 0.3) is 91.8 Å². The van der Waals surface area contributed by atoms with Crippen molar-refractivity contribution in [2.24, 2.45) is 0 Å². The molecule has 12 aromatic rings. The molecule has 0 aliphatic heterocycles. The van der Waals surface area contributed by atoms with E-state index in [2.05, 4.69) is 240 Å². The number of para-hydroxylation sites is 3. The summed E-state index contributed by atoms with van der Waals surface area (Å²) in [5, 5.41) is 7.48. The van der Waals surface area contributed by atoms with Crippen molar-refractivity contribution in [3.05, 3.63) is 231 Å². The highest BCUT2D eigenvalue weighted by Crippen LogP contribution is 2.50. The van der Waals surface area contributed by atoms with Crippen molar-refractivity contribution in [1.82, 2.24) is 4.57 Å². The summed E-state index contributed by atoms with van der Waals surface area (Å²) in [5.74, 6) is 0. The van der Waals surface area contributed by atoms with Gasteiger partial charge < -0.3 is 9.47 Å². The van der Waals surface area contributed by atoms with E-state index in [4.69, 9.17) is 0 Å². The molecule has 0 bridgehead atoms. The molecule has 0 spiro atoms. The van der Waals surface area contributed by atoms with Crippen molar-refractivity contribution in [2.45, 2.75) is 0 Å². The maximum Gasteiger partial charge on any atom is 0.0562 e. The van der Waals surface area contributed by atoms with E-state index >= 15 is 0 Å². The fourth-order valence-electron chi connectivity index (χ4n) is 9.44. The third-order valence-corrected chi connectivity index (χ3v) is 13.4. The minimum absolute atomic E-state index is 1.09. The summed E-state index contributed by atoms with van der Waals surface area (Å²) in [6, 6.07) is 84.3. The molecule has 10 aromatic carbocycles. The van der Waals surface area contributed by atoms with E-state index in [1.165, 1.54) is 80.6 Å². The second-order valence-electron chi connectivity index (χ2n) is 15.7. The van der Waals surface area contributed by atoms with Crippen LogP contribution in [-0.2, 0) is 0 Å². The number of thiophene rings is 1. The van der Waals surface area contributed by atoms with E-state index in [-0.39, 0.29) is 0 Å². The topological polar surface area (TPSA) is 8.17 Å². The first kappa shape index (κ1) is 35.2. The molecule has 2 aromatic heterocycles. The average Bonchev–Trinajstić information content (AvgIpc) is 3.89. The van der Waals surface area contributed by atoms with Gasteiger partial charge in [-0.15, -0.1) is 11.3 Å². The Balaban J connectivity index is 1.17. The summed E-state index contributed by atoms with van der Waals surface area (Å²) in [6.45, 7) is 0. The zero-order valence-corrected chi connectivity index (χ0v) is 34.1. The summed E-state index contributed by atoms with van der Waals surface area (Å²) >= 11 is 1.88. The number of nitrogens with zero attached hydrogens (tertiary/aromatic N) is 2. The van der Waals surface area contributed by atoms with Crippen LogP contribution in [-0.4, -0.2) is 4.57 Å². The molecular formula is C58H38N2S. The van der Waals surface area contributed by atoms with E-state index in [1.54, 1.807) is 0 Å². The number of hydrogen-bond donors (Lipinski definition) is 0. The van der Waals surface area contributed by atoms with Gasteiger partial charge in [0.15, 0.2) is 0 Å². The average molecular weight is 795 g/mol. The van der Waals surface area contributed by atoms with Crippen LogP contribution in [0.1, 0.15) is 0 Å². The summed E-state index contributed by atoms with van der Waals surface area (Å²) < 4.78 is 5.01. The summed E-state index contributed by atoms with van der Waals surface area (Å²) in [5.41, 5.74) is 14.0. The van der Waals surface area contributed by atoms with E-state index in [0.717, 1.165) is 28.3 Å². The van der Waals surface area contributed by atoms with Gasteiger partial charge >= 0.3 is 0 Å². The molecule has 3 heteroatoms. The van der Waals surface area contributed by atoms with Gasteiger partial charge in [0, 0.05) is 53.4 Å². The highest BCUT2D eigenvalue weighted by molar-refractivity contribution is 7.26. The van der Waals surface area contributed by atoms with Gasteiger partial charge in [0.05, 0.1) is 22.4 Å². The number of aromatic nitrogens is 1. The third kappa shape index (κ3) is 5.85. The molecule has 0 N–H and O–H groups in total. The van der Waals surface area contributed by atoms with Crippen LogP contribution in [0.4, 0.5) is 17.1 Å². The number of anilines is 3. The highest BCUT2D eigenvalue weighted by atomic mass is 32.1. The Labute approximate surface area is 358 Å². The Morgan fingerprint density at radius 3 is 1.90 bits per heavy atom. The Morgan fingerprint density at radius 2 is 1.02 bits per heavy atom. The molecule has 0 atom stereocenters. The first-order valence-electron chi connectivity index (χ1n) is 20.8. The van der Waals surface area contributed by atoms with Crippen molar-refractivity contribution in [3.8, 4) is 39.1 Å². The van der Waals surface area contributed by atoms with E-state index in [1.807, 2.05) is 11.3 Å². The van der Waals surface area contributed by atoms with Gasteiger partial charge in [-0.2, -0.15) is 0 Å². The number of hydrogen-bond acceptors (Lipinski definition) is 2. The predicted molar refractivity (Wildman–Crippen MR) is 262 cm³/mol. The molecule has 286 valence electrons. The van der Waals surface area contributed by atoms with Gasteiger partial charge in [-0.25, -0.2) is 0 Å². The first-order valence-corrected chi connectivity index (χ1v) is 21.7. The van der Waals surface area contributed by atoms with Crippen LogP contribution in [0.2, 0.25) is 0 Å². The van der Waals surface area contributed by atoms with Crippen LogP contribution < -0.4 is 4.90 Å². The molecule has 0 aliphatic carbocycles. The number of rotatable bonds is 7. The van der Waals surface area contributed by atoms with Gasteiger partial charge in [0.25, 0.3) is 0 Å². The lowest BCUT2D eigenvalue weighted by Gasteiger charge is -2.30. The van der Waals surface area contributed by atoms with Crippen LogP contribution in [0, 0.1) is 0 Å². The molecule has 0 amide bonds.